The third-order valence-corrected chi connectivity index (χ3v) is 5.19. The average molecular weight is 342 g/mol. The summed E-state index contributed by atoms with van der Waals surface area (Å²) < 4.78 is 2.07. The van der Waals surface area contributed by atoms with E-state index in [0.717, 1.165) is 22.0 Å². The van der Waals surface area contributed by atoms with Gasteiger partial charge < -0.3 is 14.9 Å². The fourth-order valence-corrected chi connectivity index (χ4v) is 3.94. The van der Waals surface area contributed by atoms with Crippen LogP contribution in [0.2, 0.25) is 0 Å². The molecule has 0 aliphatic carbocycles. The van der Waals surface area contributed by atoms with E-state index in [2.05, 4.69) is 9.55 Å². The van der Waals surface area contributed by atoms with Crippen LogP contribution in [-0.2, 0) is 0 Å². The number of nitrogens with zero attached hydrogens (tertiary/aromatic N) is 4. The molecule has 0 spiro atoms. The van der Waals surface area contributed by atoms with Crippen LogP contribution >= 0.6 is 11.3 Å². The SMILES string of the molecule is CN(C)c1nc2cc(C(=O)N3CC(O)C3)sc2n1-c1ccccc1. The van der Waals surface area contributed by atoms with E-state index >= 15 is 0 Å². The summed E-state index contributed by atoms with van der Waals surface area (Å²) in [6.07, 6.45) is -0.389. The zero-order valence-corrected chi connectivity index (χ0v) is 14.3. The van der Waals surface area contributed by atoms with E-state index in [4.69, 9.17) is 0 Å². The van der Waals surface area contributed by atoms with Crippen LogP contribution in [0.15, 0.2) is 36.4 Å². The second-order valence-corrected chi connectivity index (χ2v) is 7.17. The summed E-state index contributed by atoms with van der Waals surface area (Å²) in [6.45, 7) is 0.825. The zero-order valence-electron chi connectivity index (χ0n) is 13.5. The Morgan fingerprint density at radius 2 is 2.00 bits per heavy atom. The number of aliphatic hydroxyl groups excluding tert-OH is 1. The summed E-state index contributed by atoms with van der Waals surface area (Å²) in [6, 6.07) is 11.9. The van der Waals surface area contributed by atoms with E-state index in [1.54, 1.807) is 4.90 Å². The molecule has 0 saturated carbocycles. The van der Waals surface area contributed by atoms with Gasteiger partial charge in [0.05, 0.1) is 11.0 Å². The fraction of sp³-hybridized carbons (Fsp3) is 0.294. The van der Waals surface area contributed by atoms with Gasteiger partial charge in [-0.15, -0.1) is 11.3 Å². The number of aliphatic hydroxyl groups is 1. The summed E-state index contributed by atoms with van der Waals surface area (Å²) in [5, 5.41) is 9.39. The highest BCUT2D eigenvalue weighted by molar-refractivity contribution is 7.20. The minimum Gasteiger partial charge on any atom is -0.389 e. The molecule has 7 heteroatoms. The Bertz CT molecular complexity index is 894. The monoisotopic (exact) mass is 342 g/mol. The second kappa shape index (κ2) is 5.61. The first-order valence-corrected chi connectivity index (χ1v) is 8.58. The van der Waals surface area contributed by atoms with Gasteiger partial charge in [-0.05, 0) is 18.2 Å². The van der Waals surface area contributed by atoms with Gasteiger partial charge in [-0.2, -0.15) is 0 Å². The largest absolute Gasteiger partial charge is 0.389 e. The quantitative estimate of drug-likeness (QED) is 0.790. The third kappa shape index (κ3) is 2.37. The van der Waals surface area contributed by atoms with Gasteiger partial charge >= 0.3 is 0 Å². The predicted molar refractivity (Wildman–Crippen MR) is 95.2 cm³/mol. The van der Waals surface area contributed by atoms with Crippen molar-refractivity contribution in [1.29, 1.82) is 0 Å². The van der Waals surface area contributed by atoms with E-state index in [1.165, 1.54) is 11.3 Å². The fourth-order valence-electron chi connectivity index (χ4n) is 2.85. The molecule has 6 nitrogen and oxygen atoms in total. The van der Waals surface area contributed by atoms with Gasteiger partial charge in [-0.25, -0.2) is 4.98 Å². The van der Waals surface area contributed by atoms with Gasteiger partial charge in [0.15, 0.2) is 0 Å². The number of fused-ring (bicyclic) bond motifs is 1. The number of hydrogen-bond acceptors (Lipinski definition) is 5. The number of benzene rings is 1. The Hall–Kier alpha value is -2.38. The summed E-state index contributed by atoms with van der Waals surface area (Å²) in [7, 11) is 3.91. The number of aromatic nitrogens is 2. The molecule has 0 atom stereocenters. The summed E-state index contributed by atoms with van der Waals surface area (Å²) >= 11 is 1.44. The lowest BCUT2D eigenvalue weighted by atomic mass is 10.1. The highest BCUT2D eigenvalue weighted by Gasteiger charge is 2.31. The number of rotatable bonds is 3. The lowest BCUT2D eigenvalue weighted by Crippen LogP contribution is -2.53. The van der Waals surface area contributed by atoms with Crippen molar-refractivity contribution in [3.63, 3.8) is 0 Å². The first-order valence-electron chi connectivity index (χ1n) is 7.77. The van der Waals surface area contributed by atoms with Crippen LogP contribution in [0.4, 0.5) is 5.95 Å². The van der Waals surface area contributed by atoms with Crippen molar-refractivity contribution < 1.29 is 9.90 Å². The molecule has 1 aliphatic heterocycles. The molecule has 124 valence electrons. The van der Waals surface area contributed by atoms with Crippen LogP contribution < -0.4 is 4.90 Å². The molecule has 1 amide bonds. The molecule has 1 aliphatic rings. The maximum Gasteiger partial charge on any atom is 0.264 e. The number of amides is 1. The Kier molecular flexibility index (Phi) is 3.54. The minimum atomic E-state index is -0.389. The summed E-state index contributed by atoms with van der Waals surface area (Å²) in [5.41, 5.74) is 1.83. The number of carbonyl (C=O) groups is 1. The topological polar surface area (TPSA) is 61.6 Å². The standard InChI is InChI=1S/C17H18N4O2S/c1-19(2)17-18-13-8-14(15(23)20-9-12(22)10-20)24-16(13)21(17)11-6-4-3-5-7-11/h3-8,12,22H,9-10H2,1-2H3. The molecule has 0 bridgehead atoms. The van der Waals surface area contributed by atoms with Gasteiger partial charge in [-0.1, -0.05) is 18.2 Å². The van der Waals surface area contributed by atoms with Crippen LogP contribution in [-0.4, -0.2) is 58.8 Å². The maximum absolute atomic E-state index is 12.5. The Morgan fingerprint density at radius 3 is 2.62 bits per heavy atom. The lowest BCUT2D eigenvalue weighted by molar-refractivity contribution is 0.00623. The third-order valence-electron chi connectivity index (χ3n) is 4.09. The van der Waals surface area contributed by atoms with Crippen molar-refractivity contribution in [2.45, 2.75) is 6.10 Å². The van der Waals surface area contributed by atoms with Gasteiger partial charge in [0.1, 0.15) is 10.3 Å². The van der Waals surface area contributed by atoms with E-state index in [1.807, 2.05) is 55.4 Å². The molecule has 1 aromatic carbocycles. The van der Waals surface area contributed by atoms with Gasteiger partial charge in [0.2, 0.25) is 5.95 Å². The number of para-hydroxylation sites is 1. The second-order valence-electron chi connectivity index (χ2n) is 6.14. The Balaban J connectivity index is 1.80. The van der Waals surface area contributed by atoms with Crippen LogP contribution in [0.25, 0.3) is 16.0 Å². The minimum absolute atomic E-state index is 0.0330. The number of thiophene rings is 1. The first kappa shape index (κ1) is 15.2. The van der Waals surface area contributed by atoms with Gasteiger partial charge in [-0.3, -0.25) is 9.36 Å². The Morgan fingerprint density at radius 1 is 1.29 bits per heavy atom. The van der Waals surface area contributed by atoms with Crippen LogP contribution in [0.3, 0.4) is 0 Å². The number of hydrogen-bond donors (Lipinski definition) is 1. The molecule has 2 aromatic heterocycles. The molecular formula is C17H18N4O2S. The number of carbonyl (C=O) groups excluding carboxylic acids is 1. The molecule has 0 radical (unpaired) electrons. The molecule has 1 fully saturated rings. The van der Waals surface area contributed by atoms with Gasteiger partial charge in [0, 0.05) is 32.9 Å². The van der Waals surface area contributed by atoms with Crippen LogP contribution in [0.5, 0.6) is 0 Å². The van der Waals surface area contributed by atoms with E-state index in [0.29, 0.717) is 18.0 Å². The van der Waals surface area contributed by atoms with Crippen molar-refractivity contribution in [2.24, 2.45) is 0 Å². The smallest absolute Gasteiger partial charge is 0.264 e. The number of likely N-dealkylation sites (tertiary alicyclic amines) is 1. The number of β-amino-alcohol motifs (C(OH)–C–C–N with tert-alkyl or cyclic N) is 1. The zero-order chi connectivity index (χ0) is 16.8. The number of anilines is 1. The van der Waals surface area contributed by atoms with Crippen LogP contribution in [0.1, 0.15) is 9.67 Å². The first-order chi connectivity index (χ1) is 11.5. The molecule has 1 N–H and O–H groups in total. The van der Waals surface area contributed by atoms with Crippen molar-refractivity contribution in [3.8, 4) is 5.69 Å². The highest BCUT2D eigenvalue weighted by atomic mass is 32.1. The van der Waals surface area contributed by atoms with Crippen molar-refractivity contribution in [2.75, 3.05) is 32.1 Å². The lowest BCUT2D eigenvalue weighted by Gasteiger charge is -2.35. The highest BCUT2D eigenvalue weighted by Crippen LogP contribution is 2.33. The molecule has 4 rings (SSSR count). The molecule has 0 unspecified atom stereocenters. The summed E-state index contributed by atoms with van der Waals surface area (Å²) in [4.78, 5) is 22.4. The van der Waals surface area contributed by atoms with E-state index in [-0.39, 0.29) is 12.0 Å². The maximum atomic E-state index is 12.5. The van der Waals surface area contributed by atoms with E-state index < -0.39 is 0 Å². The molecule has 24 heavy (non-hydrogen) atoms. The van der Waals surface area contributed by atoms with Crippen LogP contribution in [0, 0.1) is 0 Å². The van der Waals surface area contributed by atoms with Crippen molar-refractivity contribution >= 4 is 33.5 Å². The molecule has 3 heterocycles. The molecule has 1 saturated heterocycles. The Labute approximate surface area is 143 Å². The van der Waals surface area contributed by atoms with Crippen molar-refractivity contribution in [1.82, 2.24) is 14.5 Å². The van der Waals surface area contributed by atoms with Gasteiger partial charge in [0.25, 0.3) is 5.91 Å². The summed E-state index contributed by atoms with van der Waals surface area (Å²) in [5.74, 6) is 0.801. The number of imidazole rings is 1. The average Bonchev–Trinajstić information content (AvgIpc) is 3.09. The molecular weight excluding hydrogens is 324 g/mol. The van der Waals surface area contributed by atoms with E-state index in [9.17, 15) is 9.90 Å². The molecule has 3 aromatic rings. The van der Waals surface area contributed by atoms with Crippen molar-refractivity contribution in [3.05, 3.63) is 41.3 Å². The normalized spacial score (nSPS) is 14.9. The predicted octanol–water partition coefficient (Wildman–Crippen LogP) is 1.97.